The lowest BCUT2D eigenvalue weighted by Crippen LogP contribution is -2.44. The van der Waals surface area contributed by atoms with E-state index in [0.29, 0.717) is 35.2 Å². The van der Waals surface area contributed by atoms with Gasteiger partial charge in [-0.1, -0.05) is 45.0 Å². The van der Waals surface area contributed by atoms with E-state index < -0.39 is 6.04 Å². The topological polar surface area (TPSA) is 126 Å². The van der Waals surface area contributed by atoms with Crippen molar-refractivity contribution < 1.29 is 19.1 Å². The van der Waals surface area contributed by atoms with Crippen LogP contribution in [0, 0.1) is 25.7 Å². The molecule has 2 amide bonds. The van der Waals surface area contributed by atoms with Crippen molar-refractivity contribution in [1.29, 1.82) is 0 Å². The fourth-order valence-corrected chi connectivity index (χ4v) is 5.17. The molecule has 1 atom stereocenters. The summed E-state index contributed by atoms with van der Waals surface area (Å²) in [5.74, 6) is 1.57. The van der Waals surface area contributed by atoms with Gasteiger partial charge in [-0.15, -0.1) is 0 Å². The normalized spacial score (nSPS) is 11.9. The van der Waals surface area contributed by atoms with E-state index in [4.69, 9.17) is 9.47 Å². The number of pyridine rings is 2. The largest absolute Gasteiger partial charge is 0.497 e. The SMILES string of the molecule is COc1ccc(C(NC(=O)c2ncc(NC[CH]C(NC(C)=O)C(C)(C)C)cc2Nc2cc(C)cc(C)n2)c2ccc(OC)cc2)cc1. The summed E-state index contributed by atoms with van der Waals surface area (Å²) in [5, 5.41) is 12.9. The molecule has 0 aliphatic rings. The molecule has 0 saturated carbocycles. The number of anilines is 3. The Labute approximate surface area is 277 Å². The van der Waals surface area contributed by atoms with Crippen LogP contribution in [0.1, 0.15) is 66.6 Å². The molecule has 4 N–H and O–H groups in total. The molecule has 1 radical (unpaired) electrons. The summed E-state index contributed by atoms with van der Waals surface area (Å²) in [6.45, 7) is 12.1. The van der Waals surface area contributed by atoms with E-state index in [1.165, 1.54) is 6.92 Å². The van der Waals surface area contributed by atoms with Gasteiger partial charge in [-0.05, 0) is 78.4 Å². The van der Waals surface area contributed by atoms with E-state index in [1.807, 2.05) is 87.0 Å². The number of methoxy groups -OCH3 is 2. The highest BCUT2D eigenvalue weighted by atomic mass is 16.5. The minimum atomic E-state index is -0.483. The van der Waals surface area contributed by atoms with Crippen LogP contribution in [0.5, 0.6) is 11.5 Å². The summed E-state index contributed by atoms with van der Waals surface area (Å²) in [4.78, 5) is 35.1. The van der Waals surface area contributed by atoms with Crippen LogP contribution in [-0.4, -0.2) is 48.6 Å². The third-order valence-electron chi connectivity index (χ3n) is 7.59. The maximum Gasteiger partial charge on any atom is 0.272 e. The highest BCUT2D eigenvalue weighted by molar-refractivity contribution is 5.99. The maximum absolute atomic E-state index is 14.1. The van der Waals surface area contributed by atoms with Crippen LogP contribution in [0.4, 0.5) is 17.2 Å². The average molecular weight is 638 g/mol. The molecule has 247 valence electrons. The quantitative estimate of drug-likeness (QED) is 0.130. The summed E-state index contributed by atoms with van der Waals surface area (Å²) in [6, 6.07) is 20.3. The van der Waals surface area contributed by atoms with E-state index in [2.05, 4.69) is 52.0 Å². The van der Waals surface area contributed by atoms with Crippen LogP contribution in [0.15, 0.2) is 72.9 Å². The van der Waals surface area contributed by atoms with Crippen molar-refractivity contribution in [2.45, 2.75) is 53.6 Å². The zero-order valence-electron chi connectivity index (χ0n) is 28.4. The van der Waals surface area contributed by atoms with Gasteiger partial charge in [0, 0.05) is 31.6 Å². The van der Waals surface area contributed by atoms with Crippen molar-refractivity contribution in [3.63, 3.8) is 0 Å². The first-order chi connectivity index (χ1) is 22.4. The van der Waals surface area contributed by atoms with Gasteiger partial charge in [0.25, 0.3) is 5.91 Å². The van der Waals surface area contributed by atoms with Crippen LogP contribution in [0.25, 0.3) is 0 Å². The first-order valence-electron chi connectivity index (χ1n) is 15.5. The highest BCUT2D eigenvalue weighted by Gasteiger charge is 2.26. The van der Waals surface area contributed by atoms with E-state index in [9.17, 15) is 9.59 Å². The van der Waals surface area contributed by atoms with Gasteiger partial charge in [0.15, 0.2) is 5.69 Å². The number of benzene rings is 2. The lowest BCUT2D eigenvalue weighted by atomic mass is 9.84. The van der Waals surface area contributed by atoms with E-state index in [1.54, 1.807) is 20.4 Å². The smallest absolute Gasteiger partial charge is 0.272 e. The molecule has 4 aromatic rings. The molecule has 0 aliphatic carbocycles. The molecule has 1 unspecified atom stereocenters. The van der Waals surface area contributed by atoms with Crippen molar-refractivity contribution >= 4 is 29.0 Å². The summed E-state index contributed by atoms with van der Waals surface area (Å²) in [6.07, 6.45) is 3.65. The summed E-state index contributed by atoms with van der Waals surface area (Å²) in [5.41, 5.74) is 4.85. The van der Waals surface area contributed by atoms with Crippen molar-refractivity contribution in [3.05, 3.63) is 107 Å². The van der Waals surface area contributed by atoms with E-state index >= 15 is 0 Å². The number of ether oxygens (including phenoxy) is 2. The van der Waals surface area contributed by atoms with Crippen LogP contribution >= 0.6 is 0 Å². The second-order valence-corrected chi connectivity index (χ2v) is 12.5. The third-order valence-corrected chi connectivity index (χ3v) is 7.59. The molecule has 0 aliphatic heterocycles. The number of aromatic nitrogens is 2. The number of hydrogen-bond acceptors (Lipinski definition) is 8. The number of nitrogens with zero attached hydrogens (tertiary/aromatic N) is 2. The van der Waals surface area contributed by atoms with Crippen LogP contribution in [0.3, 0.4) is 0 Å². The molecule has 0 spiro atoms. The van der Waals surface area contributed by atoms with Crippen LogP contribution < -0.4 is 30.7 Å². The third kappa shape index (κ3) is 9.68. The van der Waals surface area contributed by atoms with E-state index in [-0.39, 0.29) is 29.0 Å². The Bertz CT molecular complexity index is 1600. The summed E-state index contributed by atoms with van der Waals surface area (Å²) >= 11 is 0. The molecular weight excluding hydrogens is 592 g/mol. The highest BCUT2D eigenvalue weighted by Crippen LogP contribution is 2.29. The summed E-state index contributed by atoms with van der Waals surface area (Å²) in [7, 11) is 3.23. The molecule has 10 nitrogen and oxygen atoms in total. The second kappa shape index (κ2) is 15.4. The summed E-state index contributed by atoms with van der Waals surface area (Å²) < 4.78 is 10.7. The Morgan fingerprint density at radius 3 is 1.98 bits per heavy atom. The maximum atomic E-state index is 14.1. The van der Waals surface area contributed by atoms with Crippen LogP contribution in [-0.2, 0) is 4.79 Å². The lowest BCUT2D eigenvalue weighted by Gasteiger charge is -2.31. The molecule has 2 aromatic carbocycles. The van der Waals surface area contributed by atoms with Gasteiger partial charge >= 0.3 is 0 Å². The first-order valence-corrected chi connectivity index (χ1v) is 15.5. The zero-order chi connectivity index (χ0) is 34.1. The average Bonchev–Trinajstić information content (AvgIpc) is 3.02. The van der Waals surface area contributed by atoms with Gasteiger partial charge in [-0.2, -0.15) is 0 Å². The number of hydrogen-bond donors (Lipinski definition) is 4. The van der Waals surface area contributed by atoms with Gasteiger partial charge < -0.3 is 30.7 Å². The zero-order valence-corrected chi connectivity index (χ0v) is 28.4. The molecule has 0 fully saturated rings. The van der Waals surface area contributed by atoms with Crippen molar-refractivity contribution in [3.8, 4) is 11.5 Å². The monoisotopic (exact) mass is 637 g/mol. The first kappa shape index (κ1) is 34.7. The molecular formula is C37H45N6O4. The van der Waals surface area contributed by atoms with Gasteiger partial charge in [0.1, 0.15) is 17.3 Å². The molecule has 47 heavy (non-hydrogen) atoms. The minimum absolute atomic E-state index is 0.0896. The van der Waals surface area contributed by atoms with Crippen molar-refractivity contribution in [2.75, 3.05) is 31.4 Å². The Hall–Kier alpha value is -5.12. The Kier molecular flexibility index (Phi) is 11.4. The molecule has 10 heteroatoms. The Balaban J connectivity index is 1.66. The molecule has 0 bridgehead atoms. The number of aryl methyl sites for hydroxylation is 2. The molecule has 2 heterocycles. The van der Waals surface area contributed by atoms with E-state index in [0.717, 1.165) is 22.4 Å². The lowest BCUT2D eigenvalue weighted by molar-refractivity contribution is -0.120. The predicted octanol–water partition coefficient (Wildman–Crippen LogP) is 6.54. The van der Waals surface area contributed by atoms with Crippen molar-refractivity contribution in [2.24, 2.45) is 5.41 Å². The number of amides is 2. The number of nitrogens with one attached hydrogen (secondary N) is 4. The Morgan fingerprint density at radius 1 is 0.872 bits per heavy atom. The standard InChI is InChI=1S/C37H45N6O4/c1-23-19-24(2)40-33(20-23)42-31-21-28(38-18-17-32(37(4,5)6)41-25(3)44)22-39-35(31)36(45)43-34(26-9-13-29(46-7)14-10-26)27-11-15-30(47-8)16-12-27/h9-17,19-22,32,34,38H,18H2,1-8H3,(H,40,42)(H,41,44)(H,43,45). The van der Waals surface area contributed by atoms with Gasteiger partial charge in [-0.3, -0.25) is 9.59 Å². The number of rotatable bonds is 13. The predicted molar refractivity (Wildman–Crippen MR) is 186 cm³/mol. The molecule has 2 aromatic heterocycles. The molecule has 0 saturated heterocycles. The fraction of sp³-hybridized carbons (Fsp3) is 0.324. The van der Waals surface area contributed by atoms with Gasteiger partial charge in [0.05, 0.1) is 37.8 Å². The molecule has 4 rings (SSSR count). The number of carbonyl (C=O) groups is 2. The van der Waals surface area contributed by atoms with Gasteiger partial charge in [0.2, 0.25) is 5.91 Å². The Morgan fingerprint density at radius 2 is 1.47 bits per heavy atom. The van der Waals surface area contributed by atoms with Gasteiger partial charge in [-0.25, -0.2) is 9.97 Å². The second-order valence-electron chi connectivity index (χ2n) is 12.5. The fourth-order valence-electron chi connectivity index (χ4n) is 5.17. The number of carbonyl (C=O) groups excluding carboxylic acids is 2. The van der Waals surface area contributed by atoms with Crippen LogP contribution in [0.2, 0.25) is 0 Å². The van der Waals surface area contributed by atoms with Crippen molar-refractivity contribution in [1.82, 2.24) is 20.6 Å². The minimum Gasteiger partial charge on any atom is -0.497 e.